The largest absolute Gasteiger partial charge is 0.493 e. The van der Waals surface area contributed by atoms with E-state index in [2.05, 4.69) is 24.8 Å². The molecule has 6 nitrogen and oxygen atoms in total. The van der Waals surface area contributed by atoms with E-state index in [1.807, 2.05) is 12.1 Å². The molecule has 3 N–H and O–H groups in total. The van der Waals surface area contributed by atoms with Crippen LogP contribution < -0.4 is 15.2 Å². The zero-order valence-electron chi connectivity index (χ0n) is 19.3. The van der Waals surface area contributed by atoms with Crippen LogP contribution in [0.5, 0.6) is 11.5 Å². The van der Waals surface area contributed by atoms with Crippen molar-refractivity contribution >= 4 is 0 Å². The molecule has 6 heteroatoms. The molecule has 1 aliphatic heterocycles. The molecule has 0 spiro atoms. The van der Waals surface area contributed by atoms with E-state index in [4.69, 9.17) is 19.9 Å². The number of ether oxygens (including phenoxy) is 3. The van der Waals surface area contributed by atoms with Crippen LogP contribution in [-0.2, 0) is 11.2 Å². The van der Waals surface area contributed by atoms with Gasteiger partial charge in [-0.2, -0.15) is 0 Å². The van der Waals surface area contributed by atoms with Gasteiger partial charge in [0.15, 0.2) is 11.5 Å². The number of nitrogens with two attached hydrogens (primary N) is 1. The molecule has 1 unspecified atom stereocenters. The predicted octanol–water partition coefficient (Wildman–Crippen LogP) is 3.24. The SMILES string of the molecule is COCCCOc1cc(CC([C@@H](O)[C@@H](N)CCC(C)C)N2CCCC2)ccc1OC. The number of benzene rings is 1. The van der Waals surface area contributed by atoms with Crippen LogP contribution >= 0.6 is 0 Å². The van der Waals surface area contributed by atoms with Crippen LogP contribution in [-0.4, -0.2) is 68.7 Å². The standard InChI is InChI=1S/C24H42N2O4/c1-18(2)8-10-20(25)24(27)21(26-12-5-6-13-26)16-19-9-11-22(29-4)23(17-19)30-15-7-14-28-3/h9,11,17-18,20-21,24,27H,5-8,10,12-16,25H2,1-4H3/t20-,21?,24-/m0/s1. The van der Waals surface area contributed by atoms with Crippen LogP contribution in [0.1, 0.15) is 51.5 Å². The summed E-state index contributed by atoms with van der Waals surface area (Å²) in [6.07, 6.45) is 5.27. The molecule has 0 radical (unpaired) electrons. The molecule has 2 rings (SSSR count). The lowest BCUT2D eigenvalue weighted by molar-refractivity contribution is 0.0399. The number of hydrogen-bond acceptors (Lipinski definition) is 6. The normalized spacial score (nSPS) is 17.8. The van der Waals surface area contributed by atoms with Gasteiger partial charge in [0.2, 0.25) is 0 Å². The summed E-state index contributed by atoms with van der Waals surface area (Å²) in [5, 5.41) is 11.1. The Bertz CT molecular complexity index is 605. The Balaban J connectivity index is 2.11. The summed E-state index contributed by atoms with van der Waals surface area (Å²) in [6, 6.07) is 5.87. The summed E-state index contributed by atoms with van der Waals surface area (Å²) >= 11 is 0. The van der Waals surface area contributed by atoms with E-state index in [1.165, 1.54) is 12.8 Å². The monoisotopic (exact) mass is 422 g/mol. The summed E-state index contributed by atoms with van der Waals surface area (Å²) in [4.78, 5) is 2.41. The molecule has 0 saturated carbocycles. The first-order valence-corrected chi connectivity index (χ1v) is 11.4. The van der Waals surface area contributed by atoms with Crippen LogP contribution in [0.3, 0.4) is 0 Å². The molecule has 1 saturated heterocycles. The quantitative estimate of drug-likeness (QED) is 0.448. The lowest BCUT2D eigenvalue weighted by Crippen LogP contribution is -2.51. The maximum atomic E-state index is 11.1. The molecule has 0 amide bonds. The molecule has 1 fully saturated rings. The van der Waals surface area contributed by atoms with Gasteiger partial charge in [0.05, 0.1) is 19.8 Å². The van der Waals surface area contributed by atoms with Crippen molar-refractivity contribution in [3.8, 4) is 11.5 Å². The predicted molar refractivity (Wildman–Crippen MR) is 121 cm³/mol. The van der Waals surface area contributed by atoms with Crippen LogP contribution in [0.4, 0.5) is 0 Å². The van der Waals surface area contributed by atoms with Gasteiger partial charge in [-0.15, -0.1) is 0 Å². The zero-order valence-corrected chi connectivity index (χ0v) is 19.3. The molecule has 1 heterocycles. The van der Waals surface area contributed by atoms with Crippen molar-refractivity contribution in [2.45, 2.75) is 70.6 Å². The molecule has 0 bridgehead atoms. The van der Waals surface area contributed by atoms with E-state index in [9.17, 15) is 5.11 Å². The first kappa shape index (κ1) is 24.9. The second kappa shape index (κ2) is 13.2. The number of nitrogens with zero attached hydrogens (tertiary/aromatic N) is 1. The van der Waals surface area contributed by atoms with Gasteiger partial charge in [0.25, 0.3) is 0 Å². The van der Waals surface area contributed by atoms with Gasteiger partial charge in [-0.3, -0.25) is 4.90 Å². The first-order chi connectivity index (χ1) is 14.5. The number of likely N-dealkylation sites (tertiary alicyclic amines) is 1. The summed E-state index contributed by atoms with van der Waals surface area (Å²) < 4.78 is 16.5. The van der Waals surface area contributed by atoms with Crippen molar-refractivity contribution in [2.75, 3.05) is 40.5 Å². The van der Waals surface area contributed by atoms with Gasteiger partial charge in [-0.05, 0) is 68.8 Å². The van der Waals surface area contributed by atoms with Gasteiger partial charge in [-0.1, -0.05) is 19.9 Å². The molecular weight excluding hydrogens is 380 g/mol. The minimum Gasteiger partial charge on any atom is -0.493 e. The Hall–Kier alpha value is -1.34. The molecule has 30 heavy (non-hydrogen) atoms. The van der Waals surface area contributed by atoms with Crippen LogP contribution in [0.15, 0.2) is 18.2 Å². The lowest BCUT2D eigenvalue weighted by Gasteiger charge is -2.35. The molecule has 172 valence electrons. The molecule has 1 aromatic carbocycles. The minimum absolute atomic E-state index is 0.0180. The van der Waals surface area contributed by atoms with E-state index in [-0.39, 0.29) is 12.1 Å². The molecule has 1 aliphatic rings. The second-order valence-corrected chi connectivity index (χ2v) is 8.82. The summed E-state index contributed by atoms with van der Waals surface area (Å²) in [5.74, 6) is 2.06. The van der Waals surface area contributed by atoms with Gasteiger partial charge in [0.1, 0.15) is 0 Å². The maximum Gasteiger partial charge on any atom is 0.161 e. The van der Waals surface area contributed by atoms with E-state index in [0.29, 0.717) is 19.1 Å². The average Bonchev–Trinajstić information content (AvgIpc) is 3.27. The smallest absolute Gasteiger partial charge is 0.161 e. The van der Waals surface area contributed by atoms with Gasteiger partial charge >= 0.3 is 0 Å². The highest BCUT2D eigenvalue weighted by molar-refractivity contribution is 5.43. The summed E-state index contributed by atoms with van der Waals surface area (Å²) in [6.45, 7) is 7.68. The Morgan fingerprint density at radius 1 is 1.07 bits per heavy atom. The van der Waals surface area contributed by atoms with Gasteiger partial charge in [0, 0.05) is 32.2 Å². The third-order valence-electron chi connectivity index (χ3n) is 5.94. The fraction of sp³-hybridized carbons (Fsp3) is 0.750. The highest BCUT2D eigenvalue weighted by Crippen LogP contribution is 2.30. The molecular formula is C24H42N2O4. The first-order valence-electron chi connectivity index (χ1n) is 11.4. The number of rotatable bonds is 14. The van der Waals surface area contributed by atoms with E-state index < -0.39 is 6.10 Å². The van der Waals surface area contributed by atoms with Crippen molar-refractivity contribution in [1.82, 2.24) is 4.90 Å². The third kappa shape index (κ3) is 7.73. The third-order valence-corrected chi connectivity index (χ3v) is 5.94. The highest BCUT2D eigenvalue weighted by Gasteiger charge is 2.32. The molecule has 0 aromatic heterocycles. The fourth-order valence-corrected chi connectivity index (χ4v) is 4.11. The lowest BCUT2D eigenvalue weighted by atomic mass is 9.91. The molecule has 1 aromatic rings. The molecule has 0 aliphatic carbocycles. The summed E-state index contributed by atoms with van der Waals surface area (Å²) in [5.41, 5.74) is 7.55. The van der Waals surface area contributed by atoms with Gasteiger partial charge in [-0.25, -0.2) is 0 Å². The number of aliphatic hydroxyl groups is 1. The van der Waals surface area contributed by atoms with Crippen molar-refractivity contribution < 1.29 is 19.3 Å². The van der Waals surface area contributed by atoms with E-state index in [0.717, 1.165) is 55.8 Å². The highest BCUT2D eigenvalue weighted by atomic mass is 16.5. The van der Waals surface area contributed by atoms with Crippen LogP contribution in [0.25, 0.3) is 0 Å². The van der Waals surface area contributed by atoms with Crippen molar-refractivity contribution in [2.24, 2.45) is 11.7 Å². The Morgan fingerprint density at radius 3 is 2.43 bits per heavy atom. The Labute approximate surface area is 182 Å². The maximum absolute atomic E-state index is 11.1. The summed E-state index contributed by atoms with van der Waals surface area (Å²) in [7, 11) is 3.35. The van der Waals surface area contributed by atoms with Crippen molar-refractivity contribution in [3.63, 3.8) is 0 Å². The molecule has 3 atom stereocenters. The minimum atomic E-state index is -0.546. The van der Waals surface area contributed by atoms with E-state index in [1.54, 1.807) is 14.2 Å². The number of hydrogen-bond donors (Lipinski definition) is 2. The van der Waals surface area contributed by atoms with Crippen molar-refractivity contribution in [3.05, 3.63) is 23.8 Å². The average molecular weight is 423 g/mol. The number of aliphatic hydroxyl groups excluding tert-OH is 1. The van der Waals surface area contributed by atoms with Crippen molar-refractivity contribution in [1.29, 1.82) is 0 Å². The van der Waals surface area contributed by atoms with E-state index >= 15 is 0 Å². The number of methoxy groups -OCH3 is 2. The fourth-order valence-electron chi connectivity index (χ4n) is 4.11. The van der Waals surface area contributed by atoms with Gasteiger partial charge < -0.3 is 25.1 Å². The second-order valence-electron chi connectivity index (χ2n) is 8.82. The Kier molecular flexibility index (Phi) is 10.9. The zero-order chi connectivity index (χ0) is 21.9. The Morgan fingerprint density at radius 2 is 1.80 bits per heavy atom. The topological polar surface area (TPSA) is 77.2 Å². The van der Waals surface area contributed by atoms with Crippen LogP contribution in [0, 0.1) is 5.92 Å². The van der Waals surface area contributed by atoms with Crippen LogP contribution in [0.2, 0.25) is 0 Å².